The van der Waals surface area contributed by atoms with Gasteiger partial charge in [-0.15, -0.1) is 0 Å². The van der Waals surface area contributed by atoms with Crippen LogP contribution in [0.25, 0.3) is 0 Å². The molecule has 0 aliphatic heterocycles. The van der Waals surface area contributed by atoms with Gasteiger partial charge in [0.25, 0.3) is 0 Å². The van der Waals surface area contributed by atoms with Crippen molar-refractivity contribution in [2.24, 2.45) is 5.73 Å². The number of likely N-dealkylation sites (N-methyl/N-ethyl adjacent to an activating group) is 1. The van der Waals surface area contributed by atoms with Gasteiger partial charge in [0.05, 0.1) is 6.61 Å². The normalized spacial score (nSPS) is 12.8. The molecule has 0 aliphatic carbocycles. The predicted octanol–water partition coefficient (Wildman–Crippen LogP) is 2.43. The van der Waals surface area contributed by atoms with Crippen LogP contribution in [-0.4, -0.2) is 31.1 Å². The van der Waals surface area contributed by atoms with Crippen LogP contribution in [-0.2, 0) is 0 Å². The molecule has 2 N–H and O–H groups in total. The summed E-state index contributed by atoms with van der Waals surface area (Å²) in [5.74, 6) is 0.909. The monoisotopic (exact) mass is 236 g/mol. The summed E-state index contributed by atoms with van der Waals surface area (Å²) >= 11 is 0. The van der Waals surface area contributed by atoms with Crippen LogP contribution in [0, 0.1) is 0 Å². The van der Waals surface area contributed by atoms with Gasteiger partial charge in [0.15, 0.2) is 0 Å². The van der Waals surface area contributed by atoms with Gasteiger partial charge < -0.3 is 15.4 Å². The Morgan fingerprint density at radius 2 is 1.71 bits per heavy atom. The first kappa shape index (κ1) is 14.0. The standard InChI is InChI=1S/C14H24N2O/c1-4-16(5-2)11-14(15)12-7-9-13(10-8-12)17-6-3/h7-10,14H,4-6,11,15H2,1-3H3. The molecule has 0 bridgehead atoms. The second-order valence-corrected chi connectivity index (χ2v) is 4.09. The van der Waals surface area contributed by atoms with Crippen LogP contribution in [0.1, 0.15) is 32.4 Å². The Kier molecular flexibility index (Phi) is 6.01. The molecule has 1 rings (SSSR count). The summed E-state index contributed by atoms with van der Waals surface area (Å²) in [6, 6.07) is 8.16. The van der Waals surface area contributed by atoms with Crippen LogP contribution in [0.4, 0.5) is 0 Å². The summed E-state index contributed by atoms with van der Waals surface area (Å²) in [5, 5.41) is 0. The van der Waals surface area contributed by atoms with E-state index in [4.69, 9.17) is 10.5 Å². The molecule has 0 saturated heterocycles. The Labute approximate surface area is 105 Å². The van der Waals surface area contributed by atoms with Crippen LogP contribution < -0.4 is 10.5 Å². The molecule has 0 spiro atoms. The maximum absolute atomic E-state index is 6.19. The van der Waals surface area contributed by atoms with E-state index in [1.54, 1.807) is 0 Å². The molecule has 1 atom stereocenters. The summed E-state index contributed by atoms with van der Waals surface area (Å²) in [6.07, 6.45) is 0. The first-order chi connectivity index (χ1) is 8.21. The molecule has 0 amide bonds. The van der Waals surface area contributed by atoms with Gasteiger partial charge in [0, 0.05) is 12.6 Å². The van der Waals surface area contributed by atoms with E-state index in [1.807, 2.05) is 19.1 Å². The zero-order valence-corrected chi connectivity index (χ0v) is 11.1. The van der Waals surface area contributed by atoms with Gasteiger partial charge in [-0.3, -0.25) is 0 Å². The van der Waals surface area contributed by atoms with E-state index in [1.165, 1.54) is 5.56 Å². The molecule has 17 heavy (non-hydrogen) atoms. The fourth-order valence-electron chi connectivity index (χ4n) is 1.84. The third-order valence-electron chi connectivity index (χ3n) is 2.97. The van der Waals surface area contributed by atoms with E-state index < -0.39 is 0 Å². The molecule has 1 aromatic rings. The van der Waals surface area contributed by atoms with Crippen molar-refractivity contribution in [2.45, 2.75) is 26.8 Å². The molecule has 0 aromatic heterocycles. The number of nitrogens with two attached hydrogens (primary N) is 1. The molecule has 0 saturated carbocycles. The fraction of sp³-hybridized carbons (Fsp3) is 0.571. The number of benzene rings is 1. The lowest BCUT2D eigenvalue weighted by Gasteiger charge is -2.22. The van der Waals surface area contributed by atoms with Crippen molar-refractivity contribution in [1.82, 2.24) is 4.90 Å². The van der Waals surface area contributed by atoms with Crippen LogP contribution >= 0.6 is 0 Å². The Morgan fingerprint density at radius 1 is 1.12 bits per heavy atom. The van der Waals surface area contributed by atoms with Gasteiger partial charge in [-0.2, -0.15) is 0 Å². The molecule has 0 radical (unpaired) electrons. The van der Waals surface area contributed by atoms with E-state index in [-0.39, 0.29) is 6.04 Å². The Morgan fingerprint density at radius 3 is 2.18 bits per heavy atom. The molecule has 3 heteroatoms. The third kappa shape index (κ3) is 4.36. The summed E-state index contributed by atoms with van der Waals surface area (Å²) in [6.45, 7) is 10.00. The molecule has 3 nitrogen and oxygen atoms in total. The maximum Gasteiger partial charge on any atom is 0.119 e. The van der Waals surface area contributed by atoms with Crippen LogP contribution in [0.2, 0.25) is 0 Å². The zero-order valence-electron chi connectivity index (χ0n) is 11.1. The average Bonchev–Trinajstić information content (AvgIpc) is 2.37. The second-order valence-electron chi connectivity index (χ2n) is 4.09. The first-order valence-corrected chi connectivity index (χ1v) is 6.41. The minimum absolute atomic E-state index is 0.0746. The smallest absolute Gasteiger partial charge is 0.119 e. The van der Waals surface area contributed by atoms with E-state index >= 15 is 0 Å². The van der Waals surface area contributed by atoms with E-state index in [0.29, 0.717) is 6.61 Å². The number of hydrogen-bond acceptors (Lipinski definition) is 3. The average molecular weight is 236 g/mol. The van der Waals surface area contributed by atoms with Crippen molar-refractivity contribution in [3.05, 3.63) is 29.8 Å². The van der Waals surface area contributed by atoms with Gasteiger partial charge in [0.2, 0.25) is 0 Å². The van der Waals surface area contributed by atoms with Gasteiger partial charge in [0.1, 0.15) is 5.75 Å². The molecular formula is C14H24N2O. The molecule has 1 unspecified atom stereocenters. The lowest BCUT2D eigenvalue weighted by atomic mass is 10.1. The number of hydrogen-bond donors (Lipinski definition) is 1. The van der Waals surface area contributed by atoms with Crippen molar-refractivity contribution in [3.8, 4) is 5.75 Å². The summed E-state index contributed by atoms with van der Waals surface area (Å²) < 4.78 is 5.41. The number of nitrogens with zero attached hydrogens (tertiary/aromatic N) is 1. The number of rotatable bonds is 7. The van der Waals surface area contributed by atoms with Crippen molar-refractivity contribution >= 4 is 0 Å². The van der Waals surface area contributed by atoms with Crippen LogP contribution in [0.3, 0.4) is 0 Å². The number of ether oxygens (including phenoxy) is 1. The second kappa shape index (κ2) is 7.30. The largest absolute Gasteiger partial charge is 0.494 e. The van der Waals surface area contributed by atoms with Gasteiger partial charge in [-0.1, -0.05) is 26.0 Å². The summed E-state index contributed by atoms with van der Waals surface area (Å²) in [4.78, 5) is 2.33. The predicted molar refractivity (Wildman–Crippen MR) is 72.3 cm³/mol. The lowest BCUT2D eigenvalue weighted by molar-refractivity contribution is 0.284. The first-order valence-electron chi connectivity index (χ1n) is 6.41. The third-order valence-corrected chi connectivity index (χ3v) is 2.97. The molecule has 0 fully saturated rings. The van der Waals surface area contributed by atoms with Crippen molar-refractivity contribution in [2.75, 3.05) is 26.2 Å². The maximum atomic E-state index is 6.19. The Balaban J connectivity index is 2.59. The highest BCUT2D eigenvalue weighted by atomic mass is 16.5. The highest BCUT2D eigenvalue weighted by Crippen LogP contribution is 2.17. The zero-order chi connectivity index (χ0) is 12.7. The van der Waals surface area contributed by atoms with Crippen LogP contribution in [0.5, 0.6) is 5.75 Å². The molecule has 0 aliphatic rings. The Bertz CT molecular complexity index is 307. The van der Waals surface area contributed by atoms with Crippen molar-refractivity contribution in [3.63, 3.8) is 0 Å². The van der Waals surface area contributed by atoms with E-state index in [2.05, 4.69) is 30.9 Å². The highest BCUT2D eigenvalue weighted by molar-refractivity contribution is 5.29. The Hall–Kier alpha value is -1.06. The molecule has 0 heterocycles. The lowest BCUT2D eigenvalue weighted by Crippen LogP contribution is -2.31. The molecule has 96 valence electrons. The van der Waals surface area contributed by atoms with Gasteiger partial charge in [-0.25, -0.2) is 0 Å². The highest BCUT2D eigenvalue weighted by Gasteiger charge is 2.09. The van der Waals surface area contributed by atoms with Crippen molar-refractivity contribution in [1.29, 1.82) is 0 Å². The van der Waals surface area contributed by atoms with E-state index in [0.717, 1.165) is 25.4 Å². The van der Waals surface area contributed by atoms with Gasteiger partial charge >= 0.3 is 0 Å². The summed E-state index contributed by atoms with van der Waals surface area (Å²) in [7, 11) is 0. The fourth-order valence-corrected chi connectivity index (χ4v) is 1.84. The molecule has 1 aromatic carbocycles. The van der Waals surface area contributed by atoms with E-state index in [9.17, 15) is 0 Å². The minimum Gasteiger partial charge on any atom is -0.494 e. The molecular weight excluding hydrogens is 212 g/mol. The van der Waals surface area contributed by atoms with Crippen LogP contribution in [0.15, 0.2) is 24.3 Å². The minimum atomic E-state index is 0.0746. The SMILES string of the molecule is CCOc1ccc(C(N)CN(CC)CC)cc1. The quantitative estimate of drug-likeness (QED) is 0.790. The topological polar surface area (TPSA) is 38.5 Å². The van der Waals surface area contributed by atoms with Crippen molar-refractivity contribution < 1.29 is 4.74 Å². The summed E-state index contributed by atoms with van der Waals surface area (Å²) in [5.41, 5.74) is 7.36. The van der Waals surface area contributed by atoms with Gasteiger partial charge in [-0.05, 0) is 37.7 Å².